The van der Waals surface area contributed by atoms with E-state index in [1.165, 1.54) is 23.1 Å². The molecule has 0 radical (unpaired) electrons. The van der Waals surface area contributed by atoms with E-state index in [0.717, 1.165) is 30.7 Å². The summed E-state index contributed by atoms with van der Waals surface area (Å²) in [7, 11) is 0. The molecule has 2 N–H and O–H groups in total. The summed E-state index contributed by atoms with van der Waals surface area (Å²) >= 11 is 11.8. The summed E-state index contributed by atoms with van der Waals surface area (Å²) in [4.78, 5) is 15.4. The standard InChI is InChI=1S/C14H11ClN4OS4/c15-9-3-1-8(2-4-9)12-17-10(5-21-12)6-22-13-18-19-14(24-13)23-7-11(16)20/h1-5H,6-7H2,(H2,16,20). The lowest BCUT2D eigenvalue weighted by molar-refractivity contribution is -0.115. The van der Waals surface area contributed by atoms with E-state index in [2.05, 4.69) is 15.2 Å². The van der Waals surface area contributed by atoms with Gasteiger partial charge in [-0.1, -0.05) is 58.6 Å². The highest BCUT2D eigenvalue weighted by Gasteiger charge is 2.09. The highest BCUT2D eigenvalue weighted by atomic mass is 35.5. The number of benzene rings is 1. The van der Waals surface area contributed by atoms with Crippen molar-refractivity contribution in [3.8, 4) is 10.6 Å². The lowest BCUT2D eigenvalue weighted by Crippen LogP contribution is -2.12. The number of hydrogen-bond acceptors (Lipinski definition) is 8. The molecule has 5 nitrogen and oxygen atoms in total. The highest BCUT2D eigenvalue weighted by molar-refractivity contribution is 8.03. The molecule has 10 heteroatoms. The molecule has 1 aromatic carbocycles. The Balaban J connectivity index is 1.57. The van der Waals surface area contributed by atoms with Crippen molar-refractivity contribution in [2.75, 3.05) is 5.75 Å². The van der Waals surface area contributed by atoms with Gasteiger partial charge < -0.3 is 5.73 Å². The van der Waals surface area contributed by atoms with Gasteiger partial charge in [-0.2, -0.15) is 0 Å². The molecular formula is C14H11ClN4OS4. The summed E-state index contributed by atoms with van der Waals surface area (Å²) in [6.07, 6.45) is 0. The fourth-order valence-electron chi connectivity index (χ4n) is 1.68. The molecule has 124 valence electrons. The minimum absolute atomic E-state index is 0.218. The topological polar surface area (TPSA) is 81.8 Å². The lowest BCUT2D eigenvalue weighted by atomic mass is 10.2. The smallest absolute Gasteiger partial charge is 0.227 e. The summed E-state index contributed by atoms with van der Waals surface area (Å²) in [5.74, 6) is 0.580. The van der Waals surface area contributed by atoms with E-state index in [1.807, 2.05) is 29.6 Å². The summed E-state index contributed by atoms with van der Waals surface area (Å²) in [5.41, 5.74) is 7.17. The molecule has 0 fully saturated rings. The van der Waals surface area contributed by atoms with E-state index < -0.39 is 0 Å². The van der Waals surface area contributed by atoms with Crippen LogP contribution in [0.1, 0.15) is 5.69 Å². The number of thiazole rings is 1. The highest BCUT2D eigenvalue weighted by Crippen LogP contribution is 2.32. The van der Waals surface area contributed by atoms with Crippen molar-refractivity contribution >= 4 is 63.7 Å². The second-order valence-corrected chi connectivity index (χ2v) is 9.25. The molecule has 0 bridgehead atoms. The number of hydrogen-bond donors (Lipinski definition) is 1. The number of halogens is 1. The Labute approximate surface area is 160 Å². The number of carbonyl (C=O) groups is 1. The minimum Gasteiger partial charge on any atom is -0.369 e. The van der Waals surface area contributed by atoms with Gasteiger partial charge in [-0.15, -0.1) is 21.5 Å². The molecule has 0 aliphatic rings. The Hall–Kier alpha value is -1.13. The van der Waals surface area contributed by atoms with Crippen LogP contribution in [0, 0.1) is 0 Å². The van der Waals surface area contributed by atoms with Crippen molar-refractivity contribution in [3.63, 3.8) is 0 Å². The fourth-order valence-corrected chi connectivity index (χ4v) is 5.39. The molecule has 0 unspecified atom stereocenters. The van der Waals surface area contributed by atoms with Crippen molar-refractivity contribution in [2.45, 2.75) is 14.4 Å². The third-order valence-electron chi connectivity index (χ3n) is 2.71. The Morgan fingerprint density at radius 3 is 2.58 bits per heavy atom. The first-order chi connectivity index (χ1) is 11.6. The molecule has 24 heavy (non-hydrogen) atoms. The average molecular weight is 415 g/mol. The van der Waals surface area contributed by atoms with E-state index in [-0.39, 0.29) is 11.7 Å². The van der Waals surface area contributed by atoms with Crippen LogP contribution < -0.4 is 5.73 Å². The van der Waals surface area contributed by atoms with Crippen LogP contribution in [0.15, 0.2) is 38.3 Å². The lowest BCUT2D eigenvalue weighted by Gasteiger charge is -1.96. The van der Waals surface area contributed by atoms with Gasteiger partial charge in [0.2, 0.25) is 5.91 Å². The van der Waals surface area contributed by atoms with E-state index in [9.17, 15) is 4.79 Å². The van der Waals surface area contributed by atoms with Crippen molar-refractivity contribution in [1.82, 2.24) is 15.2 Å². The molecule has 2 heterocycles. The summed E-state index contributed by atoms with van der Waals surface area (Å²) in [5, 5.41) is 11.9. The van der Waals surface area contributed by atoms with Crippen LogP contribution in [0.5, 0.6) is 0 Å². The number of rotatable bonds is 7. The SMILES string of the molecule is NC(=O)CSc1nnc(SCc2csc(-c3ccc(Cl)cc3)n2)s1. The molecule has 0 saturated carbocycles. The monoisotopic (exact) mass is 414 g/mol. The normalized spacial score (nSPS) is 10.9. The van der Waals surface area contributed by atoms with Gasteiger partial charge in [-0.05, 0) is 12.1 Å². The van der Waals surface area contributed by atoms with Gasteiger partial charge in [0.05, 0.1) is 11.4 Å². The van der Waals surface area contributed by atoms with Crippen LogP contribution in [-0.4, -0.2) is 26.8 Å². The number of aromatic nitrogens is 3. The summed E-state index contributed by atoms with van der Waals surface area (Å²) < 4.78 is 1.60. The summed E-state index contributed by atoms with van der Waals surface area (Å²) in [6.45, 7) is 0. The Kier molecular flexibility index (Phi) is 6.12. The van der Waals surface area contributed by atoms with Crippen molar-refractivity contribution in [3.05, 3.63) is 40.4 Å². The molecule has 1 amide bonds. The van der Waals surface area contributed by atoms with Crippen LogP contribution in [0.3, 0.4) is 0 Å². The summed E-state index contributed by atoms with van der Waals surface area (Å²) in [6, 6.07) is 7.65. The van der Waals surface area contributed by atoms with Crippen LogP contribution in [0.25, 0.3) is 10.6 Å². The maximum Gasteiger partial charge on any atom is 0.227 e. The van der Waals surface area contributed by atoms with Crippen molar-refractivity contribution in [2.24, 2.45) is 5.73 Å². The van der Waals surface area contributed by atoms with Gasteiger partial charge in [0.25, 0.3) is 0 Å². The predicted octanol–water partition coefficient (Wildman–Crippen LogP) is 4.18. The number of carbonyl (C=O) groups excluding carboxylic acids is 1. The quantitative estimate of drug-likeness (QED) is 0.584. The number of nitrogens with two attached hydrogens (primary N) is 1. The second kappa shape index (κ2) is 8.30. The number of nitrogens with zero attached hydrogens (tertiary/aromatic N) is 3. The van der Waals surface area contributed by atoms with Crippen molar-refractivity contribution < 1.29 is 4.79 Å². The third kappa shape index (κ3) is 4.93. The van der Waals surface area contributed by atoms with Gasteiger partial charge >= 0.3 is 0 Å². The largest absolute Gasteiger partial charge is 0.369 e. The minimum atomic E-state index is -0.360. The van der Waals surface area contributed by atoms with E-state index in [1.54, 1.807) is 23.1 Å². The maximum atomic E-state index is 10.8. The molecule has 2 aromatic heterocycles. The number of amides is 1. The van der Waals surface area contributed by atoms with Crippen LogP contribution in [-0.2, 0) is 10.5 Å². The third-order valence-corrected chi connectivity index (χ3v) is 7.15. The molecule has 3 aromatic rings. The molecule has 0 aliphatic carbocycles. The number of thioether (sulfide) groups is 2. The van der Waals surface area contributed by atoms with Gasteiger partial charge in [0, 0.05) is 21.7 Å². The molecule has 0 saturated heterocycles. The zero-order valence-corrected chi connectivity index (χ0v) is 16.2. The van der Waals surface area contributed by atoms with Gasteiger partial charge in [-0.25, -0.2) is 4.98 Å². The second-order valence-electron chi connectivity index (χ2n) is 4.53. The van der Waals surface area contributed by atoms with Crippen LogP contribution >= 0.6 is 57.8 Å². The first kappa shape index (κ1) is 17.7. The van der Waals surface area contributed by atoms with Crippen LogP contribution in [0.2, 0.25) is 5.02 Å². The molecule has 0 aliphatic heterocycles. The van der Waals surface area contributed by atoms with Crippen LogP contribution in [0.4, 0.5) is 0 Å². The molecule has 0 atom stereocenters. The van der Waals surface area contributed by atoms with E-state index >= 15 is 0 Å². The Morgan fingerprint density at radius 1 is 1.17 bits per heavy atom. The number of primary amides is 1. The molecule has 0 spiro atoms. The zero-order valence-electron chi connectivity index (χ0n) is 12.1. The predicted molar refractivity (Wildman–Crippen MR) is 102 cm³/mol. The van der Waals surface area contributed by atoms with Crippen molar-refractivity contribution in [1.29, 1.82) is 0 Å². The average Bonchev–Trinajstić information content (AvgIpc) is 3.21. The van der Waals surface area contributed by atoms with Gasteiger partial charge in [0.15, 0.2) is 8.68 Å². The van der Waals surface area contributed by atoms with Gasteiger partial charge in [0.1, 0.15) is 5.01 Å². The zero-order chi connectivity index (χ0) is 16.9. The first-order valence-electron chi connectivity index (χ1n) is 6.68. The first-order valence-corrected chi connectivity index (χ1v) is 10.7. The Bertz CT molecular complexity index is 833. The van der Waals surface area contributed by atoms with Gasteiger partial charge in [-0.3, -0.25) is 4.79 Å². The maximum absolute atomic E-state index is 10.8. The Morgan fingerprint density at radius 2 is 1.88 bits per heavy atom. The van der Waals surface area contributed by atoms with E-state index in [0.29, 0.717) is 5.02 Å². The molecular weight excluding hydrogens is 404 g/mol. The fraction of sp³-hybridized carbons (Fsp3) is 0.143. The molecule has 3 rings (SSSR count). The van der Waals surface area contributed by atoms with E-state index in [4.69, 9.17) is 17.3 Å².